The van der Waals surface area contributed by atoms with Gasteiger partial charge in [-0.05, 0) is 57.7 Å². The Hall–Kier alpha value is -2.87. The van der Waals surface area contributed by atoms with Gasteiger partial charge in [0.2, 0.25) is 5.89 Å². The largest absolute Gasteiger partial charge is 0.494 e. The van der Waals surface area contributed by atoms with E-state index in [-0.39, 0.29) is 23.5 Å². The lowest BCUT2D eigenvalue weighted by atomic mass is 9.98. The van der Waals surface area contributed by atoms with E-state index < -0.39 is 0 Å². The van der Waals surface area contributed by atoms with Crippen LogP contribution in [0.5, 0.6) is 5.75 Å². The highest BCUT2D eigenvalue weighted by Crippen LogP contribution is 2.21. The summed E-state index contributed by atoms with van der Waals surface area (Å²) >= 11 is 0. The van der Waals surface area contributed by atoms with Crippen LogP contribution in [-0.2, 0) is 22.6 Å². The lowest BCUT2D eigenvalue weighted by Gasteiger charge is -2.30. The molecule has 2 atom stereocenters. The fourth-order valence-electron chi connectivity index (χ4n) is 4.15. The van der Waals surface area contributed by atoms with E-state index in [1.807, 2.05) is 19.1 Å². The lowest BCUT2D eigenvalue weighted by Crippen LogP contribution is -2.43. The summed E-state index contributed by atoms with van der Waals surface area (Å²) in [5, 5.41) is 0. The maximum Gasteiger partial charge on any atom is 0.310 e. The number of esters is 1. The number of likely N-dealkylation sites (tertiary alicyclic amines) is 1. The van der Waals surface area contributed by atoms with Crippen LogP contribution >= 0.6 is 0 Å². The third kappa shape index (κ3) is 6.82. The number of amides is 1. The van der Waals surface area contributed by atoms with Crippen LogP contribution in [0.2, 0.25) is 0 Å². The molecule has 0 N–H and O–H groups in total. The Morgan fingerprint density at radius 1 is 1.18 bits per heavy atom. The predicted molar refractivity (Wildman–Crippen MR) is 128 cm³/mol. The number of nitrogens with zero attached hydrogens (tertiary/aromatic N) is 3. The number of carbonyl (C=O) groups excluding carboxylic acids is 2. The van der Waals surface area contributed by atoms with E-state index in [2.05, 4.69) is 35.9 Å². The Kier molecular flexibility index (Phi) is 9.51. The van der Waals surface area contributed by atoms with Gasteiger partial charge in [0.05, 0.1) is 25.7 Å². The molecule has 0 spiro atoms. The summed E-state index contributed by atoms with van der Waals surface area (Å²) in [5.74, 6) is 0.651. The summed E-state index contributed by atoms with van der Waals surface area (Å²) in [6.45, 7) is 11.3. The zero-order valence-electron chi connectivity index (χ0n) is 20.8. The Morgan fingerprint density at radius 2 is 1.94 bits per heavy atom. The third-order valence-electron chi connectivity index (χ3n) is 6.27. The number of carbonyl (C=O) groups is 2. The summed E-state index contributed by atoms with van der Waals surface area (Å²) in [5.41, 5.74) is 1.45. The van der Waals surface area contributed by atoms with Gasteiger partial charge in [0.25, 0.3) is 5.91 Å². The van der Waals surface area contributed by atoms with Crippen LogP contribution in [0.1, 0.15) is 68.9 Å². The van der Waals surface area contributed by atoms with E-state index >= 15 is 0 Å². The first-order valence-electron chi connectivity index (χ1n) is 12.3. The minimum absolute atomic E-state index is 0.203. The minimum Gasteiger partial charge on any atom is -0.494 e. The molecule has 3 rings (SSSR count). The molecule has 1 aliphatic rings. The molecule has 1 aromatic heterocycles. The first-order chi connectivity index (χ1) is 16.4. The Balaban J connectivity index is 1.64. The highest BCUT2D eigenvalue weighted by Gasteiger charge is 2.31. The number of ether oxygens (including phenoxy) is 2. The molecule has 1 aromatic carbocycles. The number of aromatic nitrogens is 1. The molecule has 8 heteroatoms. The summed E-state index contributed by atoms with van der Waals surface area (Å²) < 4.78 is 16.4. The van der Waals surface area contributed by atoms with E-state index in [0.717, 1.165) is 31.6 Å². The van der Waals surface area contributed by atoms with Gasteiger partial charge in [-0.15, -0.1) is 0 Å². The van der Waals surface area contributed by atoms with Gasteiger partial charge in [-0.25, -0.2) is 4.98 Å². The van der Waals surface area contributed by atoms with Gasteiger partial charge in [0.15, 0.2) is 5.69 Å². The third-order valence-corrected chi connectivity index (χ3v) is 6.27. The molecular formula is C26H37N3O5. The average Bonchev–Trinajstić information content (AvgIpc) is 3.32. The second-order valence-corrected chi connectivity index (χ2v) is 8.71. The van der Waals surface area contributed by atoms with E-state index in [1.54, 1.807) is 11.8 Å². The number of rotatable bonds is 11. The number of hydrogen-bond acceptors (Lipinski definition) is 7. The maximum atomic E-state index is 13.0. The molecule has 0 bridgehead atoms. The van der Waals surface area contributed by atoms with E-state index in [0.29, 0.717) is 44.8 Å². The van der Waals surface area contributed by atoms with Crippen LogP contribution in [0.15, 0.2) is 34.9 Å². The molecule has 1 amide bonds. The summed E-state index contributed by atoms with van der Waals surface area (Å²) in [6.07, 6.45) is 3.91. The normalized spacial score (nSPS) is 17.0. The highest BCUT2D eigenvalue weighted by atomic mass is 16.5. The van der Waals surface area contributed by atoms with Crippen molar-refractivity contribution in [2.24, 2.45) is 5.92 Å². The van der Waals surface area contributed by atoms with Crippen molar-refractivity contribution >= 4 is 11.9 Å². The second kappa shape index (κ2) is 12.6. The summed E-state index contributed by atoms with van der Waals surface area (Å²) in [4.78, 5) is 33.6. The SMILES string of the molecule is CCOC(=O)[C@H]1CCCN(C(=O)c2coc(CN(Cc3ccc(OCC)cc3)[C@H](C)CC)n2)C1. The van der Waals surface area contributed by atoms with Crippen molar-refractivity contribution in [1.29, 1.82) is 0 Å². The van der Waals surface area contributed by atoms with Crippen LogP contribution in [0, 0.1) is 5.92 Å². The Bertz CT molecular complexity index is 927. The topological polar surface area (TPSA) is 85.1 Å². The van der Waals surface area contributed by atoms with Gasteiger partial charge >= 0.3 is 5.97 Å². The average molecular weight is 472 g/mol. The van der Waals surface area contributed by atoms with E-state index in [1.165, 1.54) is 11.8 Å². The summed E-state index contributed by atoms with van der Waals surface area (Å²) in [6, 6.07) is 8.42. The quantitative estimate of drug-likeness (QED) is 0.452. The fraction of sp³-hybridized carbons (Fsp3) is 0.577. The zero-order valence-corrected chi connectivity index (χ0v) is 20.8. The van der Waals surface area contributed by atoms with Gasteiger partial charge in [0.1, 0.15) is 12.0 Å². The van der Waals surface area contributed by atoms with Gasteiger partial charge in [0, 0.05) is 25.7 Å². The van der Waals surface area contributed by atoms with Crippen molar-refractivity contribution in [1.82, 2.24) is 14.8 Å². The molecule has 0 aliphatic carbocycles. The fourth-order valence-corrected chi connectivity index (χ4v) is 4.15. The van der Waals surface area contributed by atoms with Crippen molar-refractivity contribution in [3.63, 3.8) is 0 Å². The number of oxazole rings is 1. The molecule has 1 aliphatic heterocycles. The predicted octanol–water partition coefficient (Wildman–Crippen LogP) is 4.29. The monoisotopic (exact) mass is 471 g/mol. The maximum absolute atomic E-state index is 13.0. The van der Waals surface area contributed by atoms with E-state index in [4.69, 9.17) is 13.9 Å². The van der Waals surface area contributed by atoms with Gasteiger partial charge in [-0.1, -0.05) is 19.1 Å². The molecule has 0 radical (unpaired) electrons. The van der Waals surface area contributed by atoms with Crippen LogP contribution in [0.4, 0.5) is 0 Å². The molecular weight excluding hydrogens is 434 g/mol. The van der Waals surface area contributed by atoms with Crippen molar-refractivity contribution < 1.29 is 23.5 Å². The molecule has 0 saturated carbocycles. The molecule has 2 heterocycles. The van der Waals surface area contributed by atoms with Crippen LogP contribution in [0.25, 0.3) is 0 Å². The molecule has 34 heavy (non-hydrogen) atoms. The highest BCUT2D eigenvalue weighted by molar-refractivity contribution is 5.92. The van der Waals surface area contributed by atoms with Gasteiger partial charge in [-0.2, -0.15) is 0 Å². The van der Waals surface area contributed by atoms with Crippen molar-refractivity contribution in [3.05, 3.63) is 47.7 Å². The second-order valence-electron chi connectivity index (χ2n) is 8.71. The van der Waals surface area contributed by atoms with Crippen LogP contribution in [0.3, 0.4) is 0 Å². The van der Waals surface area contributed by atoms with Crippen molar-refractivity contribution in [2.75, 3.05) is 26.3 Å². The number of benzene rings is 1. The van der Waals surface area contributed by atoms with Crippen LogP contribution in [-0.4, -0.2) is 59.0 Å². The molecule has 2 aromatic rings. The van der Waals surface area contributed by atoms with Crippen LogP contribution < -0.4 is 4.74 Å². The molecule has 0 unspecified atom stereocenters. The Labute approximate surface area is 202 Å². The first-order valence-corrected chi connectivity index (χ1v) is 12.3. The van der Waals surface area contributed by atoms with Gasteiger partial charge in [-0.3, -0.25) is 14.5 Å². The van der Waals surface area contributed by atoms with E-state index in [9.17, 15) is 9.59 Å². The minimum atomic E-state index is -0.279. The Morgan fingerprint density at radius 3 is 2.62 bits per heavy atom. The molecule has 1 saturated heterocycles. The van der Waals surface area contributed by atoms with Crippen molar-refractivity contribution in [3.8, 4) is 5.75 Å². The molecule has 8 nitrogen and oxygen atoms in total. The van der Waals surface area contributed by atoms with Gasteiger partial charge < -0.3 is 18.8 Å². The number of hydrogen-bond donors (Lipinski definition) is 0. The molecule has 186 valence electrons. The lowest BCUT2D eigenvalue weighted by molar-refractivity contribution is -0.149. The standard InChI is InChI=1S/C26H37N3O5/c1-5-19(4)29(15-20-10-12-22(13-11-20)32-6-2)17-24-27-23(18-34-24)25(30)28-14-8-9-21(16-28)26(31)33-7-3/h10-13,18-19,21H,5-9,14-17H2,1-4H3/t19-,21+/m1/s1. The summed E-state index contributed by atoms with van der Waals surface area (Å²) in [7, 11) is 0. The molecule has 1 fully saturated rings. The first kappa shape index (κ1) is 25.7. The smallest absolute Gasteiger partial charge is 0.310 e. The zero-order chi connectivity index (χ0) is 24.5. The number of piperidine rings is 1. The van der Waals surface area contributed by atoms with Crippen molar-refractivity contribution in [2.45, 2.75) is 66.1 Å².